The van der Waals surface area contributed by atoms with E-state index in [-0.39, 0.29) is 16.7 Å². The van der Waals surface area contributed by atoms with Crippen LogP contribution in [0.4, 0.5) is 13.9 Å². The second-order valence-corrected chi connectivity index (χ2v) is 6.65. The minimum Gasteiger partial charge on any atom is -0.301 e. The van der Waals surface area contributed by atoms with Crippen molar-refractivity contribution in [3.63, 3.8) is 0 Å². The standard InChI is InChI=1S/C14H13BrF2N2OS/c1-7(2)12(15)13(20)19-14-18-11(6-21-14)8-3-4-9(16)10(17)5-8/h3-7,12H,1-2H3,(H,18,19,20). The van der Waals surface area contributed by atoms with Gasteiger partial charge in [-0.25, -0.2) is 13.8 Å². The van der Waals surface area contributed by atoms with Crippen LogP contribution in [0, 0.1) is 17.6 Å². The monoisotopic (exact) mass is 374 g/mol. The van der Waals surface area contributed by atoms with Gasteiger partial charge in [0.1, 0.15) is 0 Å². The summed E-state index contributed by atoms with van der Waals surface area (Å²) in [6.07, 6.45) is 0. The van der Waals surface area contributed by atoms with Gasteiger partial charge in [-0.3, -0.25) is 4.79 Å². The Morgan fingerprint density at radius 3 is 2.67 bits per heavy atom. The molecule has 0 aliphatic heterocycles. The summed E-state index contributed by atoms with van der Waals surface area (Å²) in [6, 6.07) is 3.58. The van der Waals surface area contributed by atoms with Crippen molar-refractivity contribution >= 4 is 38.3 Å². The zero-order chi connectivity index (χ0) is 15.6. The molecule has 0 fully saturated rings. The van der Waals surface area contributed by atoms with E-state index in [2.05, 4.69) is 26.2 Å². The molecule has 1 atom stereocenters. The number of aromatic nitrogens is 1. The van der Waals surface area contributed by atoms with Crippen molar-refractivity contribution in [2.75, 3.05) is 5.32 Å². The summed E-state index contributed by atoms with van der Waals surface area (Å²) in [7, 11) is 0. The molecule has 0 bridgehead atoms. The van der Waals surface area contributed by atoms with E-state index in [1.54, 1.807) is 5.38 Å². The highest BCUT2D eigenvalue weighted by Gasteiger charge is 2.19. The summed E-state index contributed by atoms with van der Waals surface area (Å²) < 4.78 is 26.1. The van der Waals surface area contributed by atoms with Gasteiger partial charge in [0, 0.05) is 10.9 Å². The van der Waals surface area contributed by atoms with Gasteiger partial charge >= 0.3 is 0 Å². The number of hydrogen-bond acceptors (Lipinski definition) is 3. The van der Waals surface area contributed by atoms with Crippen molar-refractivity contribution in [1.82, 2.24) is 4.98 Å². The molecule has 0 aliphatic carbocycles. The molecule has 1 amide bonds. The average Bonchev–Trinajstić information content (AvgIpc) is 2.89. The van der Waals surface area contributed by atoms with Crippen molar-refractivity contribution in [2.24, 2.45) is 5.92 Å². The number of benzene rings is 1. The summed E-state index contributed by atoms with van der Waals surface area (Å²) in [5.74, 6) is -1.86. The molecule has 1 N–H and O–H groups in total. The van der Waals surface area contributed by atoms with Crippen LogP contribution in [-0.2, 0) is 4.79 Å². The Kier molecular flexibility index (Phi) is 5.05. The first-order valence-electron chi connectivity index (χ1n) is 6.24. The second-order valence-electron chi connectivity index (χ2n) is 4.80. The molecular weight excluding hydrogens is 362 g/mol. The molecule has 0 spiro atoms. The molecule has 21 heavy (non-hydrogen) atoms. The van der Waals surface area contributed by atoms with Crippen LogP contribution in [0.2, 0.25) is 0 Å². The number of carbonyl (C=O) groups excluding carboxylic acids is 1. The van der Waals surface area contributed by atoms with Gasteiger partial charge in [-0.2, -0.15) is 0 Å². The Morgan fingerprint density at radius 2 is 2.05 bits per heavy atom. The smallest absolute Gasteiger partial charge is 0.240 e. The lowest BCUT2D eigenvalue weighted by Gasteiger charge is -2.11. The Bertz CT molecular complexity index is 660. The fraction of sp³-hybridized carbons (Fsp3) is 0.286. The van der Waals surface area contributed by atoms with Crippen LogP contribution in [-0.4, -0.2) is 15.7 Å². The van der Waals surface area contributed by atoms with E-state index < -0.39 is 11.6 Å². The molecule has 1 aromatic carbocycles. The molecule has 1 aromatic heterocycles. The number of halogens is 3. The van der Waals surface area contributed by atoms with Gasteiger partial charge in [-0.15, -0.1) is 11.3 Å². The SMILES string of the molecule is CC(C)C(Br)C(=O)Nc1nc(-c2ccc(F)c(F)c2)cs1. The molecule has 0 saturated carbocycles. The van der Waals surface area contributed by atoms with Crippen molar-refractivity contribution in [2.45, 2.75) is 18.7 Å². The Morgan fingerprint density at radius 1 is 1.33 bits per heavy atom. The fourth-order valence-electron chi connectivity index (χ4n) is 1.60. The maximum atomic E-state index is 13.2. The molecule has 7 heteroatoms. The number of amides is 1. The van der Waals surface area contributed by atoms with Crippen LogP contribution >= 0.6 is 27.3 Å². The fourth-order valence-corrected chi connectivity index (χ4v) is 2.43. The number of nitrogens with zero attached hydrogens (tertiary/aromatic N) is 1. The van der Waals surface area contributed by atoms with E-state index in [1.165, 1.54) is 17.4 Å². The van der Waals surface area contributed by atoms with Crippen LogP contribution in [0.5, 0.6) is 0 Å². The van der Waals surface area contributed by atoms with Gasteiger partial charge in [0.2, 0.25) is 5.91 Å². The van der Waals surface area contributed by atoms with Crippen LogP contribution in [0.25, 0.3) is 11.3 Å². The normalized spacial score (nSPS) is 12.5. The first-order valence-corrected chi connectivity index (χ1v) is 8.04. The third-order valence-electron chi connectivity index (χ3n) is 2.79. The predicted molar refractivity (Wildman–Crippen MR) is 83.6 cm³/mol. The molecule has 2 aromatic rings. The third-order valence-corrected chi connectivity index (χ3v) is 5.02. The van der Waals surface area contributed by atoms with Gasteiger partial charge in [-0.1, -0.05) is 29.8 Å². The number of alkyl halides is 1. The van der Waals surface area contributed by atoms with Crippen molar-refractivity contribution in [1.29, 1.82) is 0 Å². The number of hydrogen-bond donors (Lipinski definition) is 1. The minimum absolute atomic E-state index is 0.149. The van der Waals surface area contributed by atoms with Gasteiger partial charge in [0.25, 0.3) is 0 Å². The number of carbonyl (C=O) groups is 1. The zero-order valence-electron chi connectivity index (χ0n) is 11.4. The van der Waals surface area contributed by atoms with Crippen LogP contribution in [0.3, 0.4) is 0 Å². The molecule has 1 unspecified atom stereocenters. The van der Waals surface area contributed by atoms with Gasteiger partial charge < -0.3 is 5.32 Å². The molecule has 0 radical (unpaired) electrons. The van der Waals surface area contributed by atoms with Crippen molar-refractivity contribution in [3.05, 3.63) is 35.2 Å². The number of anilines is 1. The largest absolute Gasteiger partial charge is 0.301 e. The average molecular weight is 375 g/mol. The molecule has 0 aliphatic rings. The predicted octanol–water partition coefficient (Wildman–Crippen LogP) is 4.45. The lowest BCUT2D eigenvalue weighted by molar-refractivity contribution is -0.116. The third kappa shape index (κ3) is 3.85. The van der Waals surface area contributed by atoms with Gasteiger partial charge in [-0.05, 0) is 24.1 Å². The quantitative estimate of drug-likeness (QED) is 0.803. The maximum Gasteiger partial charge on any atom is 0.240 e. The summed E-state index contributed by atoms with van der Waals surface area (Å²) >= 11 is 4.54. The number of thiazole rings is 1. The van der Waals surface area contributed by atoms with Crippen LogP contribution in [0.1, 0.15) is 13.8 Å². The Balaban J connectivity index is 2.14. The first-order chi connectivity index (χ1) is 9.88. The van der Waals surface area contributed by atoms with Crippen molar-refractivity contribution in [3.8, 4) is 11.3 Å². The molecule has 1 heterocycles. The number of rotatable bonds is 4. The Hall–Kier alpha value is -1.34. The van der Waals surface area contributed by atoms with Crippen LogP contribution < -0.4 is 5.32 Å². The van der Waals surface area contributed by atoms with Crippen molar-refractivity contribution < 1.29 is 13.6 Å². The number of nitrogens with one attached hydrogen (secondary N) is 1. The highest BCUT2D eigenvalue weighted by atomic mass is 79.9. The molecule has 0 saturated heterocycles. The van der Waals surface area contributed by atoms with E-state index in [0.29, 0.717) is 16.4 Å². The molecular formula is C14H13BrF2N2OS. The highest BCUT2D eigenvalue weighted by molar-refractivity contribution is 9.10. The summed E-state index contributed by atoms with van der Waals surface area (Å²) in [5.41, 5.74) is 0.953. The van der Waals surface area contributed by atoms with Gasteiger partial charge in [0.15, 0.2) is 16.8 Å². The maximum absolute atomic E-state index is 13.2. The Labute approximate surface area is 133 Å². The summed E-state index contributed by atoms with van der Waals surface area (Å²) in [5, 5.41) is 4.80. The van der Waals surface area contributed by atoms with E-state index >= 15 is 0 Å². The lowest BCUT2D eigenvalue weighted by atomic mass is 10.1. The highest BCUT2D eigenvalue weighted by Crippen LogP contribution is 2.26. The van der Waals surface area contributed by atoms with E-state index in [9.17, 15) is 13.6 Å². The van der Waals surface area contributed by atoms with Gasteiger partial charge in [0.05, 0.1) is 10.5 Å². The second kappa shape index (κ2) is 6.62. The van der Waals surface area contributed by atoms with E-state index in [4.69, 9.17) is 0 Å². The molecule has 3 nitrogen and oxygen atoms in total. The zero-order valence-corrected chi connectivity index (χ0v) is 13.8. The van der Waals surface area contributed by atoms with E-state index in [0.717, 1.165) is 12.1 Å². The lowest BCUT2D eigenvalue weighted by Crippen LogP contribution is -2.26. The van der Waals surface area contributed by atoms with Crippen LogP contribution in [0.15, 0.2) is 23.6 Å². The minimum atomic E-state index is -0.925. The first kappa shape index (κ1) is 16.0. The molecule has 2 rings (SSSR count). The molecule has 112 valence electrons. The topological polar surface area (TPSA) is 42.0 Å². The summed E-state index contributed by atoms with van der Waals surface area (Å²) in [6.45, 7) is 3.85. The van der Waals surface area contributed by atoms with E-state index in [1.807, 2.05) is 13.8 Å². The summed E-state index contributed by atoms with van der Waals surface area (Å²) in [4.78, 5) is 15.8.